The number of carbonyl (C=O) groups excluding carboxylic acids is 2. The number of hydrogen-bond donors (Lipinski definition) is 10. The second-order valence-electron chi connectivity index (χ2n) is 14.7. The van der Waals surface area contributed by atoms with Crippen molar-refractivity contribution in [2.75, 3.05) is 33.9 Å². The lowest BCUT2D eigenvalue weighted by molar-refractivity contribution is -0.319. The Balaban J connectivity index is 1.44. The first kappa shape index (κ1) is 38.4. The number of fused-ring (bicyclic) bond motifs is 2. The fraction of sp³-hybridized carbons (Fsp3) is 0.909. The van der Waals surface area contributed by atoms with E-state index in [0.29, 0.717) is 18.8 Å². The summed E-state index contributed by atoms with van der Waals surface area (Å²) < 4.78 is 17.4. The number of ether oxygens (including phenoxy) is 3. The Bertz CT molecular complexity index is 1160. The number of nitrogens with zero attached hydrogens (tertiary/aromatic N) is 1. The molecule has 49 heavy (non-hydrogen) atoms. The molecule has 2 aliphatic heterocycles. The molecule has 0 amide bonds. The SMILES string of the molecule is CN=C(N)NC(CCO)C1C(CCC2CCC(N)NC2)CC2C(=O)C3CC(OC)CC(O[C@H]4O[C@H](CO)[C@@H](O)[C@H](O)[C@H]4O)C3C(=O)C2C1O. The number of hydrogen-bond acceptors (Lipinski definition) is 14. The van der Waals surface area contributed by atoms with E-state index in [-0.39, 0.29) is 55.5 Å². The quantitative estimate of drug-likeness (QED) is 0.0758. The Hall–Kier alpha value is -1.83. The smallest absolute Gasteiger partial charge is 0.188 e. The van der Waals surface area contributed by atoms with E-state index in [4.69, 9.17) is 25.7 Å². The molecule has 0 radical (unpaired) electrons. The Morgan fingerprint density at radius 1 is 1.00 bits per heavy atom. The summed E-state index contributed by atoms with van der Waals surface area (Å²) >= 11 is 0. The largest absolute Gasteiger partial charge is 0.396 e. The minimum Gasteiger partial charge on any atom is -0.396 e. The first-order valence-electron chi connectivity index (χ1n) is 17.8. The van der Waals surface area contributed by atoms with Gasteiger partial charge in [0.1, 0.15) is 36.0 Å². The first-order valence-corrected chi connectivity index (χ1v) is 17.8. The molecule has 12 unspecified atom stereocenters. The Labute approximate surface area is 286 Å². The molecular weight excluding hydrogens is 642 g/mol. The second kappa shape index (κ2) is 16.7. The van der Waals surface area contributed by atoms with Crippen LogP contribution in [-0.4, -0.2) is 143 Å². The van der Waals surface area contributed by atoms with Gasteiger partial charge in [-0.3, -0.25) is 14.6 Å². The van der Waals surface area contributed by atoms with Gasteiger partial charge in [-0.25, -0.2) is 0 Å². The Morgan fingerprint density at radius 3 is 2.37 bits per heavy atom. The van der Waals surface area contributed by atoms with Crippen molar-refractivity contribution in [3.63, 3.8) is 0 Å². The predicted octanol–water partition coefficient (Wildman–Crippen LogP) is -3.06. The van der Waals surface area contributed by atoms with Crippen LogP contribution in [0.2, 0.25) is 0 Å². The van der Waals surface area contributed by atoms with E-state index >= 15 is 0 Å². The van der Waals surface area contributed by atoms with Gasteiger partial charge >= 0.3 is 0 Å². The van der Waals surface area contributed by atoms with Crippen molar-refractivity contribution in [2.45, 2.75) is 113 Å². The van der Waals surface area contributed by atoms with Crippen molar-refractivity contribution in [2.24, 2.45) is 57.9 Å². The molecule has 5 aliphatic rings. The third-order valence-electron chi connectivity index (χ3n) is 12.0. The molecule has 0 aromatic heterocycles. The molecule has 2 saturated heterocycles. The van der Waals surface area contributed by atoms with Crippen LogP contribution in [0.25, 0.3) is 0 Å². The zero-order valence-electron chi connectivity index (χ0n) is 28.4. The molecule has 16 nitrogen and oxygen atoms in total. The number of aliphatic hydroxyl groups is 6. The molecule has 2 heterocycles. The minimum atomic E-state index is -1.70. The maximum absolute atomic E-state index is 14.7. The maximum Gasteiger partial charge on any atom is 0.188 e. The van der Waals surface area contributed by atoms with E-state index in [1.807, 2.05) is 0 Å². The van der Waals surface area contributed by atoms with Gasteiger partial charge in [0.15, 0.2) is 12.2 Å². The van der Waals surface area contributed by atoms with Gasteiger partial charge in [-0.15, -0.1) is 0 Å². The lowest BCUT2D eigenvalue weighted by Crippen LogP contribution is -2.65. The van der Waals surface area contributed by atoms with Gasteiger partial charge in [0.25, 0.3) is 0 Å². The highest BCUT2D eigenvalue weighted by atomic mass is 16.7. The molecule has 3 aliphatic carbocycles. The molecule has 0 spiro atoms. The predicted molar refractivity (Wildman–Crippen MR) is 174 cm³/mol. The Morgan fingerprint density at radius 2 is 1.73 bits per heavy atom. The van der Waals surface area contributed by atoms with Gasteiger partial charge in [-0.1, -0.05) is 0 Å². The van der Waals surface area contributed by atoms with Crippen molar-refractivity contribution < 1.29 is 54.4 Å². The van der Waals surface area contributed by atoms with Crippen molar-refractivity contribution in [3.8, 4) is 0 Å². The van der Waals surface area contributed by atoms with E-state index in [1.54, 1.807) is 0 Å². The van der Waals surface area contributed by atoms with Crippen molar-refractivity contribution in [1.29, 1.82) is 0 Å². The molecule has 16 heteroatoms. The highest BCUT2D eigenvalue weighted by Gasteiger charge is 2.61. The average Bonchev–Trinajstić information content (AvgIpc) is 3.09. The summed E-state index contributed by atoms with van der Waals surface area (Å²) in [5.41, 5.74) is 12.1. The van der Waals surface area contributed by atoms with Gasteiger partial charge in [0.05, 0.1) is 42.9 Å². The molecule has 0 bridgehead atoms. The van der Waals surface area contributed by atoms with Crippen LogP contribution >= 0.6 is 0 Å². The monoisotopic (exact) mass is 699 g/mol. The first-order chi connectivity index (χ1) is 23.4. The number of guanidine groups is 1. The zero-order chi connectivity index (χ0) is 35.6. The number of nitrogens with two attached hydrogens (primary N) is 2. The summed E-state index contributed by atoms with van der Waals surface area (Å²) in [5, 5.41) is 69.8. The fourth-order valence-corrected chi connectivity index (χ4v) is 9.36. The van der Waals surface area contributed by atoms with Crippen molar-refractivity contribution in [3.05, 3.63) is 0 Å². The molecule has 280 valence electrons. The summed E-state index contributed by atoms with van der Waals surface area (Å²) in [6, 6.07) is -0.529. The van der Waals surface area contributed by atoms with Crippen LogP contribution in [-0.2, 0) is 23.8 Å². The number of nitrogens with one attached hydrogen (secondary N) is 2. The average molecular weight is 700 g/mol. The van der Waals surface area contributed by atoms with Crippen LogP contribution in [0.15, 0.2) is 4.99 Å². The summed E-state index contributed by atoms with van der Waals surface area (Å²) in [4.78, 5) is 33.2. The van der Waals surface area contributed by atoms with Crippen molar-refractivity contribution >= 4 is 17.5 Å². The molecule has 12 N–H and O–H groups in total. The van der Waals surface area contributed by atoms with E-state index in [0.717, 1.165) is 25.8 Å². The van der Waals surface area contributed by atoms with E-state index < -0.39 is 91.3 Å². The normalized spacial score (nSPS) is 45.4. The van der Waals surface area contributed by atoms with Gasteiger partial charge in [-0.05, 0) is 63.3 Å². The summed E-state index contributed by atoms with van der Waals surface area (Å²) in [6.45, 7) is -0.0797. The minimum absolute atomic E-state index is 0.0329. The van der Waals surface area contributed by atoms with Gasteiger partial charge in [-0.2, -0.15) is 0 Å². The van der Waals surface area contributed by atoms with E-state index in [1.165, 1.54) is 14.2 Å². The fourth-order valence-electron chi connectivity index (χ4n) is 9.36. The summed E-state index contributed by atoms with van der Waals surface area (Å²) in [6.07, 6.45) is -6.03. The van der Waals surface area contributed by atoms with Gasteiger partial charge in [0.2, 0.25) is 0 Å². The van der Waals surface area contributed by atoms with Crippen LogP contribution in [0.3, 0.4) is 0 Å². The van der Waals surface area contributed by atoms with Crippen LogP contribution in [0.4, 0.5) is 0 Å². The summed E-state index contributed by atoms with van der Waals surface area (Å²) in [5.74, 6) is -4.24. The highest BCUT2D eigenvalue weighted by molar-refractivity contribution is 6.00. The number of carbonyl (C=O) groups is 2. The number of rotatable bonds is 11. The maximum atomic E-state index is 14.7. The molecule has 0 aromatic rings. The zero-order valence-corrected chi connectivity index (χ0v) is 28.4. The van der Waals surface area contributed by atoms with Gasteiger partial charge < -0.3 is 67.0 Å². The van der Waals surface area contributed by atoms with Crippen LogP contribution < -0.4 is 22.1 Å². The number of aliphatic hydroxyl groups excluding tert-OH is 6. The molecule has 5 fully saturated rings. The second-order valence-corrected chi connectivity index (χ2v) is 14.7. The number of aliphatic imine (C=N–C) groups is 1. The number of ketones is 2. The molecule has 17 atom stereocenters. The van der Waals surface area contributed by atoms with Crippen molar-refractivity contribution in [1.82, 2.24) is 10.6 Å². The van der Waals surface area contributed by atoms with E-state index in [2.05, 4.69) is 15.6 Å². The number of piperidine rings is 1. The number of methoxy groups -OCH3 is 1. The molecule has 5 rings (SSSR count). The van der Waals surface area contributed by atoms with Crippen LogP contribution in [0, 0.1) is 41.4 Å². The summed E-state index contributed by atoms with van der Waals surface area (Å²) in [7, 11) is 3.03. The molecule has 0 aromatic carbocycles. The number of Topliss-reactive ketones (excluding diaryl/α,β-unsaturated/α-hetero) is 2. The van der Waals surface area contributed by atoms with Crippen LogP contribution in [0.1, 0.15) is 51.4 Å². The van der Waals surface area contributed by atoms with E-state index in [9.17, 15) is 40.2 Å². The van der Waals surface area contributed by atoms with Crippen LogP contribution in [0.5, 0.6) is 0 Å². The lowest BCUT2D eigenvalue weighted by atomic mass is 9.52. The molecular formula is C33H57N5O11. The highest BCUT2D eigenvalue weighted by Crippen LogP contribution is 2.52. The van der Waals surface area contributed by atoms with Gasteiger partial charge in [0, 0.05) is 51.0 Å². The standard InChI is InChI=1S/C33H57N5O11/c1-36-33(35)38-19(7-8-39)23-15(5-3-14-4-6-22(34)37-12-14)9-17-25(28(23)43)29(44)24-18(26(17)41)10-16(47-2)11-20(24)48-32-31(46)30(45)27(42)21(13-40)49-32/h14-25,27-28,30-32,37,39-40,42-43,45-46H,3-13,34H2,1-2H3,(H3,35,36,38)/t14?,15?,16?,17?,18?,19?,20?,21-,22?,23?,24?,25?,27-,28?,30+,31-,32+/m1/s1. The third-order valence-corrected chi connectivity index (χ3v) is 12.0. The Kier molecular flexibility index (Phi) is 13.1. The molecule has 3 saturated carbocycles. The third kappa shape index (κ3) is 7.99. The topological polar surface area (TPSA) is 272 Å². The lowest BCUT2D eigenvalue weighted by Gasteiger charge is -2.54.